The first-order valence-electron chi connectivity index (χ1n) is 12.4. The van der Waals surface area contributed by atoms with Crippen LogP contribution in [0.25, 0.3) is 10.9 Å². The fourth-order valence-electron chi connectivity index (χ4n) is 4.82. The molecule has 2 aliphatic rings. The standard InChI is InChI=1S/C26H27FN6O4/c27-20-5-3-17(4-6-20)13-32(16-25-29-30-31-33(25)15-21-2-1-7-35-21)14-19-10-18-11-23-24(37-9-8-36-23)12-22(18)28-26(19)34/h3-6,10-12,21H,1-2,7-9,13-16H2,(H,28,34). The van der Waals surface area contributed by atoms with Crippen LogP contribution in [-0.4, -0.2) is 56.0 Å². The molecule has 0 spiro atoms. The average Bonchev–Trinajstić information content (AvgIpc) is 3.57. The number of nitrogens with zero attached hydrogens (tertiary/aromatic N) is 5. The Morgan fingerprint density at radius 1 is 1.03 bits per heavy atom. The largest absolute Gasteiger partial charge is 0.486 e. The van der Waals surface area contributed by atoms with E-state index in [9.17, 15) is 9.18 Å². The van der Waals surface area contributed by atoms with E-state index in [0.717, 1.165) is 30.4 Å². The van der Waals surface area contributed by atoms with Crippen molar-refractivity contribution in [1.82, 2.24) is 30.1 Å². The third-order valence-corrected chi connectivity index (χ3v) is 6.67. The van der Waals surface area contributed by atoms with Gasteiger partial charge in [0, 0.05) is 36.7 Å². The molecule has 4 heterocycles. The second-order valence-electron chi connectivity index (χ2n) is 9.39. The Morgan fingerprint density at radius 3 is 2.62 bits per heavy atom. The van der Waals surface area contributed by atoms with Crippen molar-refractivity contribution in [2.75, 3.05) is 19.8 Å². The number of benzene rings is 2. The van der Waals surface area contributed by atoms with Gasteiger partial charge < -0.3 is 19.2 Å². The molecule has 6 rings (SSSR count). The van der Waals surface area contributed by atoms with Crippen molar-refractivity contribution in [1.29, 1.82) is 0 Å². The Balaban J connectivity index is 1.29. The summed E-state index contributed by atoms with van der Waals surface area (Å²) in [6.45, 7) is 3.51. The Kier molecular flexibility index (Phi) is 6.54. The van der Waals surface area contributed by atoms with Crippen LogP contribution in [0.1, 0.15) is 29.8 Å². The van der Waals surface area contributed by atoms with Crippen LogP contribution in [0.2, 0.25) is 0 Å². The van der Waals surface area contributed by atoms with Gasteiger partial charge in [-0.2, -0.15) is 0 Å². The monoisotopic (exact) mass is 506 g/mol. The lowest BCUT2D eigenvalue weighted by atomic mass is 10.1. The predicted octanol–water partition coefficient (Wildman–Crippen LogP) is 2.81. The lowest BCUT2D eigenvalue weighted by Crippen LogP contribution is -2.29. The molecule has 2 aromatic heterocycles. The van der Waals surface area contributed by atoms with Crippen LogP contribution >= 0.6 is 0 Å². The minimum atomic E-state index is -0.295. The molecule has 192 valence electrons. The van der Waals surface area contributed by atoms with Crippen molar-refractivity contribution in [3.05, 3.63) is 75.6 Å². The summed E-state index contributed by atoms with van der Waals surface area (Å²) in [5, 5.41) is 13.1. The normalized spacial score (nSPS) is 17.1. The topological polar surface area (TPSA) is 107 Å². The van der Waals surface area contributed by atoms with Gasteiger partial charge in [0.25, 0.3) is 5.56 Å². The number of nitrogens with one attached hydrogen (secondary N) is 1. The first-order chi connectivity index (χ1) is 18.1. The van der Waals surface area contributed by atoms with Gasteiger partial charge in [0.1, 0.15) is 19.0 Å². The molecule has 0 saturated carbocycles. The van der Waals surface area contributed by atoms with Crippen LogP contribution in [0.4, 0.5) is 4.39 Å². The zero-order valence-corrected chi connectivity index (χ0v) is 20.2. The molecule has 0 radical (unpaired) electrons. The van der Waals surface area contributed by atoms with Gasteiger partial charge in [0.15, 0.2) is 17.3 Å². The molecule has 0 bridgehead atoms. The molecule has 2 aromatic carbocycles. The van der Waals surface area contributed by atoms with Crippen molar-refractivity contribution in [2.24, 2.45) is 0 Å². The number of ether oxygens (including phenoxy) is 3. The van der Waals surface area contributed by atoms with Crippen LogP contribution in [0.3, 0.4) is 0 Å². The first-order valence-corrected chi connectivity index (χ1v) is 12.4. The first kappa shape index (κ1) is 23.6. The van der Waals surface area contributed by atoms with Crippen LogP contribution < -0.4 is 15.0 Å². The summed E-state index contributed by atoms with van der Waals surface area (Å²) in [7, 11) is 0. The van der Waals surface area contributed by atoms with E-state index in [1.54, 1.807) is 22.9 Å². The Bertz CT molecular complexity index is 1450. The molecule has 1 unspecified atom stereocenters. The molecule has 4 aromatic rings. The highest BCUT2D eigenvalue weighted by Crippen LogP contribution is 2.33. The highest BCUT2D eigenvalue weighted by atomic mass is 19.1. The third-order valence-electron chi connectivity index (χ3n) is 6.67. The summed E-state index contributed by atoms with van der Waals surface area (Å²) < 4.78 is 32.4. The van der Waals surface area contributed by atoms with E-state index in [2.05, 4.69) is 25.4 Å². The summed E-state index contributed by atoms with van der Waals surface area (Å²) in [6.07, 6.45) is 2.10. The van der Waals surface area contributed by atoms with Crippen LogP contribution in [0, 0.1) is 5.82 Å². The van der Waals surface area contributed by atoms with Crippen molar-refractivity contribution in [3.63, 3.8) is 0 Å². The van der Waals surface area contributed by atoms with E-state index in [4.69, 9.17) is 14.2 Å². The van der Waals surface area contributed by atoms with Crippen molar-refractivity contribution < 1.29 is 18.6 Å². The lowest BCUT2D eigenvalue weighted by Gasteiger charge is -2.23. The number of tetrazole rings is 1. The van der Waals surface area contributed by atoms with Gasteiger partial charge in [-0.15, -0.1) is 5.10 Å². The molecule has 1 fully saturated rings. The Labute approximate surface area is 211 Å². The number of aromatic amines is 1. The zero-order valence-electron chi connectivity index (χ0n) is 20.2. The van der Waals surface area contributed by atoms with Crippen molar-refractivity contribution in [3.8, 4) is 11.5 Å². The van der Waals surface area contributed by atoms with Crippen LogP contribution in [0.15, 0.2) is 47.3 Å². The number of hydrogen-bond donors (Lipinski definition) is 1. The summed E-state index contributed by atoms with van der Waals surface area (Å²) >= 11 is 0. The number of hydrogen-bond acceptors (Lipinski definition) is 8. The molecule has 10 nitrogen and oxygen atoms in total. The van der Waals surface area contributed by atoms with Gasteiger partial charge in [-0.1, -0.05) is 12.1 Å². The van der Waals surface area contributed by atoms with E-state index in [-0.39, 0.29) is 17.5 Å². The second-order valence-corrected chi connectivity index (χ2v) is 9.39. The minimum absolute atomic E-state index is 0.0910. The molecule has 1 saturated heterocycles. The summed E-state index contributed by atoms with van der Waals surface area (Å²) in [6, 6.07) is 11.9. The van der Waals surface area contributed by atoms with Crippen molar-refractivity contribution >= 4 is 10.9 Å². The second kappa shape index (κ2) is 10.3. The smallest absolute Gasteiger partial charge is 0.252 e. The number of pyridine rings is 1. The highest BCUT2D eigenvalue weighted by molar-refractivity contribution is 5.83. The minimum Gasteiger partial charge on any atom is -0.486 e. The maximum absolute atomic E-state index is 13.5. The van der Waals surface area contributed by atoms with Crippen molar-refractivity contribution in [2.45, 2.75) is 45.1 Å². The molecular weight excluding hydrogens is 479 g/mol. The molecule has 1 atom stereocenters. The molecule has 37 heavy (non-hydrogen) atoms. The SMILES string of the molecule is O=c1[nH]c2cc3c(cc2cc1CN(Cc1ccc(F)cc1)Cc1nnnn1CC1CCCO1)OCCO3. The number of rotatable bonds is 8. The quantitative estimate of drug-likeness (QED) is 0.389. The number of H-pyrrole nitrogens is 1. The van der Waals surface area contributed by atoms with Gasteiger partial charge in [-0.05, 0) is 53.1 Å². The summed E-state index contributed by atoms with van der Waals surface area (Å²) in [5.41, 5.74) is 2.00. The van der Waals surface area contributed by atoms with Crippen LogP contribution in [-0.2, 0) is 30.9 Å². The van der Waals surface area contributed by atoms with Gasteiger partial charge in [0.2, 0.25) is 0 Å². The fraction of sp³-hybridized carbons (Fsp3) is 0.385. The maximum atomic E-state index is 13.5. The maximum Gasteiger partial charge on any atom is 0.252 e. The summed E-state index contributed by atoms with van der Waals surface area (Å²) in [5.74, 6) is 1.66. The van der Waals surface area contributed by atoms with Gasteiger partial charge in [-0.3, -0.25) is 9.69 Å². The molecular formula is C26H27FN6O4. The lowest BCUT2D eigenvalue weighted by molar-refractivity contribution is 0.0914. The number of fused-ring (bicyclic) bond motifs is 2. The Morgan fingerprint density at radius 2 is 1.84 bits per heavy atom. The Hall–Kier alpha value is -3.83. The zero-order chi connectivity index (χ0) is 25.2. The van der Waals surface area contributed by atoms with E-state index in [1.165, 1.54) is 12.1 Å². The van der Waals surface area contributed by atoms with E-state index < -0.39 is 0 Å². The molecule has 11 heteroatoms. The highest BCUT2D eigenvalue weighted by Gasteiger charge is 2.21. The molecule has 0 amide bonds. The van der Waals surface area contributed by atoms with E-state index >= 15 is 0 Å². The third kappa shape index (κ3) is 5.32. The molecule has 0 aliphatic carbocycles. The van der Waals surface area contributed by atoms with Gasteiger partial charge in [-0.25, -0.2) is 9.07 Å². The number of aromatic nitrogens is 5. The number of halogens is 1. The van der Waals surface area contributed by atoms with E-state index in [1.807, 2.05) is 12.1 Å². The average molecular weight is 507 g/mol. The van der Waals surface area contributed by atoms with Gasteiger partial charge in [0.05, 0.1) is 24.7 Å². The fourth-order valence-corrected chi connectivity index (χ4v) is 4.82. The molecule has 1 N–H and O–H groups in total. The molecule has 2 aliphatic heterocycles. The van der Waals surface area contributed by atoms with Crippen LogP contribution in [0.5, 0.6) is 11.5 Å². The van der Waals surface area contributed by atoms with Gasteiger partial charge >= 0.3 is 0 Å². The predicted molar refractivity (Wildman–Crippen MR) is 132 cm³/mol. The summed E-state index contributed by atoms with van der Waals surface area (Å²) in [4.78, 5) is 18.1. The van der Waals surface area contributed by atoms with E-state index in [0.29, 0.717) is 67.8 Å².